The summed E-state index contributed by atoms with van der Waals surface area (Å²) in [5.74, 6) is 0. The molecule has 0 amide bonds. The van der Waals surface area contributed by atoms with Crippen LogP contribution >= 0.6 is 0 Å². The highest BCUT2D eigenvalue weighted by Crippen LogP contribution is 2.17. The molecule has 2 nitrogen and oxygen atoms in total. The number of nitrogens with two attached hydrogens (primary N) is 1. The van der Waals surface area contributed by atoms with Gasteiger partial charge in [0.25, 0.3) is 0 Å². The van der Waals surface area contributed by atoms with Crippen LogP contribution in [0, 0.1) is 6.92 Å². The Morgan fingerprint density at radius 3 is 2.93 bits per heavy atom. The smallest absolute Gasteiger partial charge is 0.0458 e. The molecule has 1 heterocycles. The molecular formula is C12H16N2. The van der Waals surface area contributed by atoms with Gasteiger partial charge in [-0.1, -0.05) is 12.1 Å². The molecule has 0 aliphatic heterocycles. The first kappa shape index (κ1) is 9.28. The molecule has 0 fully saturated rings. The van der Waals surface area contributed by atoms with Gasteiger partial charge in [0.05, 0.1) is 0 Å². The molecule has 0 saturated carbocycles. The number of H-pyrrole nitrogens is 1. The number of aromatic nitrogens is 1. The van der Waals surface area contributed by atoms with Crippen LogP contribution in [0.1, 0.15) is 17.7 Å². The largest absolute Gasteiger partial charge is 0.359 e. The monoisotopic (exact) mass is 188 g/mol. The molecule has 3 N–H and O–H groups in total. The molecular weight excluding hydrogens is 172 g/mol. The summed E-state index contributed by atoms with van der Waals surface area (Å²) in [6.07, 6.45) is 2.13. The Labute approximate surface area is 84.1 Å². The van der Waals surface area contributed by atoms with Crippen LogP contribution in [0.5, 0.6) is 0 Å². The maximum Gasteiger partial charge on any atom is 0.0458 e. The van der Waals surface area contributed by atoms with E-state index in [0.717, 1.165) is 19.4 Å². The van der Waals surface area contributed by atoms with E-state index in [9.17, 15) is 0 Å². The molecule has 0 radical (unpaired) electrons. The minimum atomic E-state index is 0.766. The molecule has 2 rings (SSSR count). The Morgan fingerprint density at radius 1 is 1.29 bits per heavy atom. The van der Waals surface area contributed by atoms with Gasteiger partial charge in [0, 0.05) is 11.2 Å². The van der Waals surface area contributed by atoms with Crippen LogP contribution in [0.3, 0.4) is 0 Å². The summed E-state index contributed by atoms with van der Waals surface area (Å²) < 4.78 is 0. The summed E-state index contributed by atoms with van der Waals surface area (Å²) in [6, 6.07) is 8.75. The van der Waals surface area contributed by atoms with Gasteiger partial charge < -0.3 is 10.7 Å². The molecule has 0 unspecified atom stereocenters. The van der Waals surface area contributed by atoms with Crippen LogP contribution in [-0.4, -0.2) is 11.5 Å². The van der Waals surface area contributed by atoms with E-state index < -0.39 is 0 Å². The van der Waals surface area contributed by atoms with Crippen LogP contribution in [0.25, 0.3) is 10.9 Å². The zero-order valence-electron chi connectivity index (χ0n) is 8.51. The van der Waals surface area contributed by atoms with E-state index in [1.165, 1.54) is 22.2 Å². The second-order valence-corrected chi connectivity index (χ2v) is 3.77. The van der Waals surface area contributed by atoms with Gasteiger partial charge in [-0.05, 0) is 49.4 Å². The number of aromatic amines is 1. The van der Waals surface area contributed by atoms with Crippen molar-refractivity contribution >= 4 is 10.9 Å². The highest BCUT2D eigenvalue weighted by Gasteiger charge is 1.98. The van der Waals surface area contributed by atoms with Crippen LogP contribution < -0.4 is 5.73 Å². The molecule has 0 saturated heterocycles. The maximum atomic E-state index is 5.49. The molecule has 0 spiro atoms. The Kier molecular flexibility index (Phi) is 2.55. The lowest BCUT2D eigenvalue weighted by Crippen LogP contribution is -2.00. The minimum Gasteiger partial charge on any atom is -0.359 e. The van der Waals surface area contributed by atoms with Crippen molar-refractivity contribution < 1.29 is 0 Å². The van der Waals surface area contributed by atoms with Crippen molar-refractivity contribution in [3.05, 3.63) is 35.5 Å². The maximum absolute atomic E-state index is 5.49. The molecule has 2 heteroatoms. The van der Waals surface area contributed by atoms with E-state index >= 15 is 0 Å². The zero-order valence-corrected chi connectivity index (χ0v) is 8.51. The lowest BCUT2D eigenvalue weighted by atomic mass is 10.1. The van der Waals surface area contributed by atoms with E-state index in [1.807, 2.05) is 0 Å². The van der Waals surface area contributed by atoms with Crippen molar-refractivity contribution in [1.82, 2.24) is 4.98 Å². The third-order valence-corrected chi connectivity index (χ3v) is 2.49. The lowest BCUT2D eigenvalue weighted by Gasteiger charge is -1.99. The summed E-state index contributed by atoms with van der Waals surface area (Å²) in [4.78, 5) is 3.34. The lowest BCUT2D eigenvalue weighted by molar-refractivity contribution is 0.833. The fourth-order valence-corrected chi connectivity index (χ4v) is 1.78. The fourth-order valence-electron chi connectivity index (χ4n) is 1.78. The quantitative estimate of drug-likeness (QED) is 0.763. The third-order valence-electron chi connectivity index (χ3n) is 2.49. The van der Waals surface area contributed by atoms with Gasteiger partial charge in [0.15, 0.2) is 0 Å². The van der Waals surface area contributed by atoms with Gasteiger partial charge in [0.2, 0.25) is 0 Å². The molecule has 0 aliphatic rings. The van der Waals surface area contributed by atoms with Crippen molar-refractivity contribution in [2.24, 2.45) is 5.73 Å². The highest BCUT2D eigenvalue weighted by atomic mass is 14.7. The first-order valence-corrected chi connectivity index (χ1v) is 5.08. The normalized spacial score (nSPS) is 11.0. The average molecular weight is 188 g/mol. The van der Waals surface area contributed by atoms with Crippen molar-refractivity contribution in [3.8, 4) is 0 Å². The number of nitrogens with one attached hydrogen (secondary N) is 1. The summed E-state index contributed by atoms with van der Waals surface area (Å²) in [6.45, 7) is 2.85. The van der Waals surface area contributed by atoms with Gasteiger partial charge in [-0.2, -0.15) is 0 Å². The standard InChI is InChI=1S/C12H16N2/c1-9-7-11-5-4-10(3-2-6-13)8-12(11)14-9/h4-5,7-8,14H,2-3,6,13H2,1H3. The second kappa shape index (κ2) is 3.84. The molecule has 0 bridgehead atoms. The van der Waals surface area contributed by atoms with Crippen LogP contribution in [0.15, 0.2) is 24.3 Å². The molecule has 1 aromatic heterocycles. The van der Waals surface area contributed by atoms with E-state index in [-0.39, 0.29) is 0 Å². The van der Waals surface area contributed by atoms with Gasteiger partial charge in [0.1, 0.15) is 0 Å². The fraction of sp³-hybridized carbons (Fsp3) is 0.333. The van der Waals surface area contributed by atoms with E-state index in [4.69, 9.17) is 5.73 Å². The van der Waals surface area contributed by atoms with Crippen molar-refractivity contribution in [2.45, 2.75) is 19.8 Å². The number of fused-ring (bicyclic) bond motifs is 1. The molecule has 14 heavy (non-hydrogen) atoms. The molecule has 0 aliphatic carbocycles. The Bertz CT molecular complexity index is 429. The van der Waals surface area contributed by atoms with Gasteiger partial charge in [-0.25, -0.2) is 0 Å². The van der Waals surface area contributed by atoms with Crippen LogP contribution in [0.4, 0.5) is 0 Å². The van der Waals surface area contributed by atoms with E-state index in [1.54, 1.807) is 0 Å². The van der Waals surface area contributed by atoms with Crippen LogP contribution in [0.2, 0.25) is 0 Å². The summed E-state index contributed by atoms with van der Waals surface area (Å²) in [5, 5.41) is 1.29. The summed E-state index contributed by atoms with van der Waals surface area (Å²) >= 11 is 0. The van der Waals surface area contributed by atoms with Crippen molar-refractivity contribution in [3.63, 3.8) is 0 Å². The van der Waals surface area contributed by atoms with Crippen molar-refractivity contribution in [2.75, 3.05) is 6.54 Å². The predicted octanol–water partition coefficient (Wildman–Crippen LogP) is 2.37. The van der Waals surface area contributed by atoms with E-state index in [2.05, 4.69) is 36.2 Å². The summed E-state index contributed by atoms with van der Waals surface area (Å²) in [7, 11) is 0. The Hall–Kier alpha value is -1.28. The van der Waals surface area contributed by atoms with E-state index in [0.29, 0.717) is 0 Å². The second-order valence-electron chi connectivity index (χ2n) is 3.77. The summed E-state index contributed by atoms with van der Waals surface area (Å²) in [5.41, 5.74) is 9.30. The highest BCUT2D eigenvalue weighted by molar-refractivity contribution is 5.80. The third kappa shape index (κ3) is 1.80. The SMILES string of the molecule is Cc1cc2ccc(CCCN)cc2[nH]1. The van der Waals surface area contributed by atoms with Crippen LogP contribution in [-0.2, 0) is 6.42 Å². The molecule has 1 aromatic carbocycles. The van der Waals surface area contributed by atoms with Crippen molar-refractivity contribution in [1.29, 1.82) is 0 Å². The topological polar surface area (TPSA) is 41.8 Å². The first-order valence-electron chi connectivity index (χ1n) is 5.08. The molecule has 2 aromatic rings. The first-order chi connectivity index (χ1) is 6.79. The Morgan fingerprint density at radius 2 is 2.14 bits per heavy atom. The number of rotatable bonds is 3. The average Bonchev–Trinajstić information content (AvgIpc) is 2.54. The number of aryl methyl sites for hydroxylation is 2. The van der Waals surface area contributed by atoms with Gasteiger partial charge in [-0.15, -0.1) is 0 Å². The Balaban J connectivity index is 2.31. The number of hydrogen-bond acceptors (Lipinski definition) is 1. The minimum absolute atomic E-state index is 0.766. The predicted molar refractivity (Wildman–Crippen MR) is 60.4 cm³/mol. The molecule has 74 valence electrons. The zero-order chi connectivity index (χ0) is 9.97. The van der Waals surface area contributed by atoms with Gasteiger partial charge in [-0.3, -0.25) is 0 Å². The number of benzene rings is 1. The van der Waals surface area contributed by atoms with Gasteiger partial charge >= 0.3 is 0 Å². The molecule has 0 atom stereocenters. The number of hydrogen-bond donors (Lipinski definition) is 2.